The van der Waals surface area contributed by atoms with Gasteiger partial charge in [-0.15, -0.1) is 0 Å². The molecule has 1 amide bonds. The van der Waals surface area contributed by atoms with Gasteiger partial charge < -0.3 is 4.90 Å². The minimum atomic E-state index is -3.52. The number of carbonyl (C=O) groups is 1. The van der Waals surface area contributed by atoms with Crippen molar-refractivity contribution in [2.45, 2.75) is 75.6 Å². The van der Waals surface area contributed by atoms with Crippen LogP contribution in [0.1, 0.15) is 64.7 Å². The van der Waals surface area contributed by atoms with Gasteiger partial charge in [-0.3, -0.25) is 4.79 Å². The number of carbonyl (C=O) groups excluding carboxylic acids is 1. The van der Waals surface area contributed by atoms with E-state index in [9.17, 15) is 13.2 Å². The first kappa shape index (κ1) is 20.3. The molecule has 1 aliphatic heterocycles. The van der Waals surface area contributed by atoms with E-state index in [1.807, 2.05) is 6.92 Å². The van der Waals surface area contributed by atoms with E-state index in [1.165, 1.54) is 36.4 Å². The average Bonchev–Trinajstić information content (AvgIpc) is 2.68. The summed E-state index contributed by atoms with van der Waals surface area (Å²) in [6, 6.07) is 6.78. The maximum atomic E-state index is 13.0. The molecule has 1 saturated carbocycles. The fraction of sp³-hybridized carbons (Fsp3) is 0.667. The molecule has 1 aliphatic carbocycles. The van der Waals surface area contributed by atoms with Crippen molar-refractivity contribution in [1.29, 1.82) is 0 Å². The number of sulfonamides is 1. The van der Waals surface area contributed by atoms with Crippen LogP contribution in [0, 0.1) is 5.92 Å². The number of piperidine rings is 1. The molecule has 2 fully saturated rings. The molecule has 0 N–H and O–H groups in total. The molecular weight excluding hydrogens is 360 g/mol. The van der Waals surface area contributed by atoms with Gasteiger partial charge in [0, 0.05) is 31.7 Å². The zero-order valence-corrected chi connectivity index (χ0v) is 17.4. The van der Waals surface area contributed by atoms with Crippen LogP contribution in [0.5, 0.6) is 0 Å². The van der Waals surface area contributed by atoms with E-state index in [4.69, 9.17) is 0 Å². The van der Waals surface area contributed by atoms with E-state index in [0.717, 1.165) is 24.9 Å². The lowest BCUT2D eigenvalue weighted by molar-refractivity contribution is -0.119. The number of hydrogen-bond donors (Lipinski definition) is 0. The Balaban J connectivity index is 1.68. The second-order valence-electron chi connectivity index (χ2n) is 8.11. The quantitative estimate of drug-likeness (QED) is 0.730. The first-order valence-corrected chi connectivity index (χ1v) is 11.7. The summed E-state index contributed by atoms with van der Waals surface area (Å²) in [6.07, 6.45) is 9.71. The molecular formula is C21H32N2O3S. The third kappa shape index (κ3) is 4.72. The molecule has 0 unspecified atom stereocenters. The number of benzene rings is 1. The van der Waals surface area contributed by atoms with Gasteiger partial charge in [0.05, 0.1) is 4.90 Å². The maximum Gasteiger partial charge on any atom is 0.243 e. The minimum absolute atomic E-state index is 0.0125. The third-order valence-electron chi connectivity index (χ3n) is 6.17. The van der Waals surface area contributed by atoms with Gasteiger partial charge in [0.15, 0.2) is 0 Å². The van der Waals surface area contributed by atoms with Crippen LogP contribution in [0.3, 0.4) is 0 Å². The summed E-state index contributed by atoms with van der Waals surface area (Å²) in [5.41, 5.74) is 0.788. The lowest BCUT2D eigenvalue weighted by Crippen LogP contribution is -2.37. The van der Waals surface area contributed by atoms with Gasteiger partial charge in [-0.1, -0.05) is 32.1 Å². The van der Waals surface area contributed by atoms with E-state index < -0.39 is 10.0 Å². The first-order valence-electron chi connectivity index (χ1n) is 10.3. The zero-order chi connectivity index (χ0) is 19.4. The van der Waals surface area contributed by atoms with Crippen molar-refractivity contribution in [3.05, 3.63) is 24.3 Å². The van der Waals surface area contributed by atoms with Crippen molar-refractivity contribution in [1.82, 2.24) is 4.31 Å². The van der Waals surface area contributed by atoms with E-state index in [-0.39, 0.29) is 11.9 Å². The highest BCUT2D eigenvalue weighted by Crippen LogP contribution is 2.30. The predicted octanol–water partition coefficient (Wildman–Crippen LogP) is 4.18. The number of rotatable bonds is 6. The molecule has 3 rings (SSSR count). The van der Waals surface area contributed by atoms with Gasteiger partial charge in [-0.2, -0.15) is 4.31 Å². The molecule has 27 heavy (non-hydrogen) atoms. The van der Waals surface area contributed by atoms with Crippen molar-refractivity contribution in [2.24, 2.45) is 5.92 Å². The Morgan fingerprint density at radius 2 is 1.74 bits per heavy atom. The fourth-order valence-electron chi connectivity index (χ4n) is 4.33. The fourth-order valence-corrected chi connectivity index (χ4v) is 5.71. The van der Waals surface area contributed by atoms with Crippen LogP contribution in [0.15, 0.2) is 29.2 Å². The highest BCUT2D eigenvalue weighted by Gasteiger charge is 2.28. The lowest BCUT2D eigenvalue weighted by Gasteiger charge is -2.30. The molecule has 0 aromatic heterocycles. The van der Waals surface area contributed by atoms with Crippen LogP contribution in [0.25, 0.3) is 0 Å². The standard InChI is InChI=1S/C21H32N2O3S/c1-17(16-18-8-4-3-5-9-18)22(2)27(25,26)20-13-11-19(12-14-20)23-15-7-6-10-21(23)24/h11-14,17-18H,3-10,15-16H2,1-2H3/t17-/m1/s1. The number of amides is 1. The van der Waals surface area contributed by atoms with E-state index >= 15 is 0 Å². The van der Waals surface area contributed by atoms with Crippen molar-refractivity contribution in [3.8, 4) is 0 Å². The van der Waals surface area contributed by atoms with Crippen molar-refractivity contribution >= 4 is 21.6 Å². The molecule has 6 heteroatoms. The highest BCUT2D eigenvalue weighted by molar-refractivity contribution is 7.89. The zero-order valence-electron chi connectivity index (χ0n) is 16.6. The SMILES string of the molecule is C[C@H](CC1CCCCC1)N(C)S(=O)(=O)c1ccc(N2CCCCC2=O)cc1. The molecule has 0 spiro atoms. The van der Waals surface area contributed by atoms with Gasteiger partial charge in [0.25, 0.3) is 0 Å². The third-order valence-corrected chi connectivity index (χ3v) is 8.15. The summed E-state index contributed by atoms with van der Waals surface area (Å²) >= 11 is 0. The Bertz CT molecular complexity index is 739. The van der Waals surface area contributed by atoms with Gasteiger partial charge in [0.1, 0.15) is 0 Å². The van der Waals surface area contributed by atoms with Crippen molar-refractivity contribution in [3.63, 3.8) is 0 Å². The summed E-state index contributed by atoms with van der Waals surface area (Å²) in [4.78, 5) is 14.1. The molecule has 0 radical (unpaired) electrons. The Labute approximate surface area is 163 Å². The van der Waals surface area contributed by atoms with Crippen LogP contribution in [-0.4, -0.2) is 38.3 Å². The number of nitrogens with zero attached hydrogens (tertiary/aromatic N) is 2. The molecule has 1 saturated heterocycles. The summed E-state index contributed by atoms with van der Waals surface area (Å²) in [7, 11) is -1.83. The summed E-state index contributed by atoms with van der Waals surface area (Å²) < 4.78 is 27.5. The van der Waals surface area contributed by atoms with Crippen LogP contribution in [-0.2, 0) is 14.8 Å². The Hall–Kier alpha value is -1.40. The molecule has 1 aromatic carbocycles. The summed E-state index contributed by atoms with van der Waals surface area (Å²) in [6.45, 7) is 2.72. The van der Waals surface area contributed by atoms with Gasteiger partial charge in [-0.25, -0.2) is 8.42 Å². The second-order valence-corrected chi connectivity index (χ2v) is 10.1. The van der Waals surface area contributed by atoms with Crippen molar-refractivity contribution in [2.75, 3.05) is 18.5 Å². The van der Waals surface area contributed by atoms with Gasteiger partial charge in [-0.05, 0) is 56.4 Å². The van der Waals surface area contributed by atoms with Crippen LogP contribution < -0.4 is 4.90 Å². The Morgan fingerprint density at radius 3 is 2.37 bits per heavy atom. The smallest absolute Gasteiger partial charge is 0.243 e. The molecule has 5 nitrogen and oxygen atoms in total. The van der Waals surface area contributed by atoms with Crippen LogP contribution in [0.2, 0.25) is 0 Å². The van der Waals surface area contributed by atoms with Crippen LogP contribution >= 0.6 is 0 Å². The normalized spacial score (nSPS) is 20.9. The van der Waals surface area contributed by atoms with E-state index in [1.54, 1.807) is 36.2 Å². The largest absolute Gasteiger partial charge is 0.312 e. The molecule has 150 valence electrons. The average molecular weight is 393 g/mol. The summed E-state index contributed by atoms with van der Waals surface area (Å²) in [5.74, 6) is 0.758. The minimum Gasteiger partial charge on any atom is -0.312 e. The monoisotopic (exact) mass is 392 g/mol. The molecule has 1 aromatic rings. The Kier molecular flexibility index (Phi) is 6.58. The topological polar surface area (TPSA) is 57.7 Å². The molecule has 1 heterocycles. The molecule has 0 bridgehead atoms. The van der Waals surface area contributed by atoms with Gasteiger partial charge in [0.2, 0.25) is 15.9 Å². The summed E-state index contributed by atoms with van der Waals surface area (Å²) in [5, 5.41) is 0. The van der Waals surface area contributed by atoms with E-state index in [0.29, 0.717) is 23.8 Å². The van der Waals surface area contributed by atoms with Crippen molar-refractivity contribution < 1.29 is 13.2 Å². The Morgan fingerprint density at radius 1 is 1.07 bits per heavy atom. The second kappa shape index (κ2) is 8.74. The number of anilines is 1. The first-order chi connectivity index (χ1) is 12.9. The van der Waals surface area contributed by atoms with E-state index in [2.05, 4.69) is 0 Å². The lowest BCUT2D eigenvalue weighted by atomic mass is 9.85. The molecule has 1 atom stereocenters. The van der Waals surface area contributed by atoms with Crippen LogP contribution in [0.4, 0.5) is 5.69 Å². The maximum absolute atomic E-state index is 13.0. The molecule has 2 aliphatic rings. The highest BCUT2D eigenvalue weighted by atomic mass is 32.2. The predicted molar refractivity (Wildman–Crippen MR) is 108 cm³/mol. The van der Waals surface area contributed by atoms with Gasteiger partial charge >= 0.3 is 0 Å². The number of hydrogen-bond acceptors (Lipinski definition) is 3.